The number of likely N-dealkylation sites (tertiary alicyclic amines) is 1. The number of nitrogens with zero attached hydrogens (tertiary/aromatic N) is 1. The lowest BCUT2D eigenvalue weighted by molar-refractivity contribution is 0.0492. The predicted octanol–water partition coefficient (Wildman–Crippen LogP) is 3.08. The van der Waals surface area contributed by atoms with Crippen molar-refractivity contribution in [2.45, 2.75) is 25.7 Å². The molecule has 2 heterocycles. The van der Waals surface area contributed by atoms with Crippen molar-refractivity contribution in [3.63, 3.8) is 0 Å². The number of amides is 1. The number of hydrogen-bond acceptors (Lipinski definition) is 2. The molecule has 1 amide bonds. The summed E-state index contributed by atoms with van der Waals surface area (Å²) in [6.07, 6.45) is 4.37. The van der Waals surface area contributed by atoms with E-state index in [1.54, 1.807) is 11.0 Å². The van der Waals surface area contributed by atoms with Gasteiger partial charge < -0.3 is 10.2 Å². The summed E-state index contributed by atoms with van der Waals surface area (Å²) in [5.41, 5.74) is 0.390. The van der Waals surface area contributed by atoms with Crippen molar-refractivity contribution in [1.82, 2.24) is 10.2 Å². The van der Waals surface area contributed by atoms with Gasteiger partial charge in [0, 0.05) is 13.1 Å². The van der Waals surface area contributed by atoms with Gasteiger partial charge in [0.15, 0.2) is 0 Å². The van der Waals surface area contributed by atoms with Gasteiger partial charge in [0.05, 0.1) is 10.6 Å². The van der Waals surface area contributed by atoms with Crippen LogP contribution in [0.5, 0.6) is 0 Å². The smallest absolute Gasteiger partial charge is 0.258 e. The zero-order valence-electron chi connectivity index (χ0n) is 12.0. The molecular weight excluding hydrogens is 291 g/mol. The summed E-state index contributed by atoms with van der Waals surface area (Å²) in [5.74, 6) is -0.809. The molecule has 2 saturated heterocycles. The molecule has 0 saturated carbocycles. The Kier molecular flexibility index (Phi) is 4.18. The maximum absolute atomic E-state index is 13.9. The Labute approximate surface area is 129 Å². The molecule has 114 valence electrons. The van der Waals surface area contributed by atoms with Crippen LogP contribution in [0.15, 0.2) is 18.2 Å². The highest BCUT2D eigenvalue weighted by molar-refractivity contribution is 6.33. The van der Waals surface area contributed by atoms with Gasteiger partial charge in [-0.1, -0.05) is 17.7 Å². The highest BCUT2D eigenvalue weighted by Crippen LogP contribution is 2.40. The molecule has 0 bridgehead atoms. The van der Waals surface area contributed by atoms with Crippen LogP contribution < -0.4 is 5.32 Å². The van der Waals surface area contributed by atoms with Gasteiger partial charge in [-0.3, -0.25) is 4.79 Å². The van der Waals surface area contributed by atoms with Crippen LogP contribution in [0.25, 0.3) is 0 Å². The van der Waals surface area contributed by atoms with E-state index < -0.39 is 5.82 Å². The normalized spacial score (nSPS) is 21.5. The highest BCUT2D eigenvalue weighted by atomic mass is 35.5. The number of hydrogen-bond donors (Lipinski definition) is 1. The van der Waals surface area contributed by atoms with Crippen molar-refractivity contribution in [3.8, 4) is 0 Å². The minimum Gasteiger partial charge on any atom is -0.338 e. The van der Waals surface area contributed by atoms with Crippen LogP contribution in [0, 0.1) is 11.2 Å². The summed E-state index contributed by atoms with van der Waals surface area (Å²) in [4.78, 5) is 14.2. The lowest BCUT2D eigenvalue weighted by Gasteiger charge is -2.44. The molecule has 2 aliphatic heterocycles. The summed E-state index contributed by atoms with van der Waals surface area (Å²) in [6, 6.07) is 4.38. The van der Waals surface area contributed by atoms with Crippen molar-refractivity contribution in [1.29, 1.82) is 0 Å². The Morgan fingerprint density at radius 3 is 2.48 bits per heavy atom. The largest absolute Gasteiger partial charge is 0.338 e. The third kappa shape index (κ3) is 2.92. The molecule has 2 aliphatic rings. The Balaban J connectivity index is 1.70. The molecule has 5 heteroatoms. The summed E-state index contributed by atoms with van der Waals surface area (Å²) >= 11 is 5.99. The van der Waals surface area contributed by atoms with Gasteiger partial charge in [-0.2, -0.15) is 0 Å². The van der Waals surface area contributed by atoms with E-state index >= 15 is 0 Å². The molecule has 2 fully saturated rings. The van der Waals surface area contributed by atoms with Crippen LogP contribution in [-0.4, -0.2) is 37.0 Å². The van der Waals surface area contributed by atoms with Gasteiger partial charge in [0.25, 0.3) is 5.91 Å². The fourth-order valence-corrected chi connectivity index (χ4v) is 3.75. The van der Waals surface area contributed by atoms with Gasteiger partial charge in [-0.05, 0) is 56.3 Å². The van der Waals surface area contributed by atoms with E-state index in [4.69, 9.17) is 11.6 Å². The van der Waals surface area contributed by atoms with Gasteiger partial charge in [0.2, 0.25) is 0 Å². The molecule has 0 aliphatic carbocycles. The fraction of sp³-hybridized carbons (Fsp3) is 0.562. The Morgan fingerprint density at radius 2 is 1.86 bits per heavy atom. The zero-order chi connectivity index (χ0) is 14.9. The summed E-state index contributed by atoms with van der Waals surface area (Å²) in [6.45, 7) is 3.52. The van der Waals surface area contributed by atoms with Gasteiger partial charge in [-0.25, -0.2) is 4.39 Å². The molecule has 21 heavy (non-hydrogen) atoms. The van der Waals surface area contributed by atoms with Crippen molar-refractivity contribution in [2.75, 3.05) is 26.2 Å². The van der Waals surface area contributed by atoms with Crippen molar-refractivity contribution < 1.29 is 9.18 Å². The third-order valence-electron chi connectivity index (χ3n) is 4.95. The van der Waals surface area contributed by atoms with Crippen LogP contribution in [-0.2, 0) is 0 Å². The van der Waals surface area contributed by atoms with E-state index in [-0.39, 0.29) is 16.5 Å². The molecule has 0 unspecified atom stereocenters. The second kappa shape index (κ2) is 5.93. The summed E-state index contributed by atoms with van der Waals surface area (Å²) < 4.78 is 13.9. The Hall–Kier alpha value is -1.13. The first kappa shape index (κ1) is 14.8. The summed E-state index contributed by atoms with van der Waals surface area (Å²) in [5, 5.41) is 3.58. The molecule has 1 aromatic rings. The van der Waals surface area contributed by atoms with Gasteiger partial charge in [-0.15, -0.1) is 0 Å². The average Bonchev–Trinajstić information content (AvgIpc) is 2.48. The van der Waals surface area contributed by atoms with E-state index in [1.807, 2.05) is 0 Å². The third-order valence-corrected chi connectivity index (χ3v) is 5.27. The number of nitrogens with one attached hydrogen (secondary N) is 1. The molecule has 3 rings (SSSR count). The monoisotopic (exact) mass is 310 g/mol. The first-order valence-corrected chi connectivity index (χ1v) is 7.93. The van der Waals surface area contributed by atoms with Crippen LogP contribution in [0.2, 0.25) is 5.02 Å². The number of carbonyl (C=O) groups is 1. The van der Waals surface area contributed by atoms with Crippen molar-refractivity contribution in [3.05, 3.63) is 34.6 Å². The van der Waals surface area contributed by atoms with Gasteiger partial charge >= 0.3 is 0 Å². The number of halogens is 2. The standard InChI is InChI=1S/C16H20ClFN2O/c17-12-2-1-3-13(18)14(12)15(21)20-10-6-16(7-11-20)4-8-19-9-5-16/h1-3,19H,4-11H2. The minimum atomic E-state index is -0.533. The zero-order valence-corrected chi connectivity index (χ0v) is 12.8. The molecular formula is C16H20ClFN2O. The Bertz CT molecular complexity index is 513. The number of benzene rings is 1. The molecule has 0 atom stereocenters. The van der Waals surface area contributed by atoms with Crippen LogP contribution in [0.3, 0.4) is 0 Å². The highest BCUT2D eigenvalue weighted by Gasteiger charge is 2.37. The molecule has 0 radical (unpaired) electrons. The molecule has 1 N–H and O–H groups in total. The number of carbonyl (C=O) groups excluding carboxylic acids is 1. The lowest BCUT2D eigenvalue weighted by atomic mass is 9.71. The lowest BCUT2D eigenvalue weighted by Crippen LogP contribution is -2.47. The number of rotatable bonds is 1. The second-order valence-corrected chi connectivity index (χ2v) is 6.55. The van der Waals surface area contributed by atoms with Crippen molar-refractivity contribution in [2.24, 2.45) is 5.41 Å². The van der Waals surface area contributed by atoms with E-state index in [1.165, 1.54) is 25.0 Å². The molecule has 1 spiro atoms. The quantitative estimate of drug-likeness (QED) is 0.864. The topological polar surface area (TPSA) is 32.3 Å². The second-order valence-electron chi connectivity index (χ2n) is 6.14. The minimum absolute atomic E-state index is 0.0143. The van der Waals surface area contributed by atoms with Gasteiger partial charge in [0.1, 0.15) is 5.82 Å². The average molecular weight is 311 g/mol. The molecule has 0 aromatic heterocycles. The maximum atomic E-state index is 13.9. The van der Waals surface area contributed by atoms with E-state index in [0.717, 1.165) is 25.9 Å². The molecule has 3 nitrogen and oxygen atoms in total. The summed E-state index contributed by atoms with van der Waals surface area (Å²) in [7, 11) is 0. The fourth-order valence-electron chi connectivity index (χ4n) is 3.50. The van der Waals surface area contributed by atoms with E-state index in [9.17, 15) is 9.18 Å². The SMILES string of the molecule is O=C(c1c(F)cccc1Cl)N1CCC2(CCNCC2)CC1. The van der Waals surface area contributed by atoms with E-state index in [2.05, 4.69) is 5.32 Å². The Morgan fingerprint density at radius 1 is 1.19 bits per heavy atom. The van der Waals surface area contributed by atoms with Crippen molar-refractivity contribution >= 4 is 17.5 Å². The van der Waals surface area contributed by atoms with Crippen LogP contribution >= 0.6 is 11.6 Å². The van der Waals surface area contributed by atoms with Crippen LogP contribution in [0.1, 0.15) is 36.0 Å². The van der Waals surface area contributed by atoms with E-state index in [0.29, 0.717) is 18.5 Å². The first-order valence-electron chi connectivity index (χ1n) is 7.55. The maximum Gasteiger partial charge on any atom is 0.258 e. The predicted molar refractivity (Wildman–Crippen MR) is 81.1 cm³/mol. The first-order chi connectivity index (χ1) is 10.1. The number of piperidine rings is 2. The molecule has 1 aromatic carbocycles. The van der Waals surface area contributed by atoms with Crippen LogP contribution in [0.4, 0.5) is 4.39 Å².